The van der Waals surface area contributed by atoms with E-state index < -0.39 is 0 Å². The fraction of sp³-hybridized carbons (Fsp3) is 0.235. The lowest BCUT2D eigenvalue weighted by atomic mass is 10.2. The Hall–Kier alpha value is -3.14. The number of carbonyl (C=O) groups is 1. The Labute approximate surface area is 159 Å². The molecule has 0 aliphatic rings. The van der Waals surface area contributed by atoms with E-state index in [9.17, 15) is 4.79 Å². The Bertz CT molecular complexity index is 926. The number of nitrogens with zero attached hydrogens (tertiary/aromatic N) is 4. The van der Waals surface area contributed by atoms with Crippen molar-refractivity contribution in [2.75, 3.05) is 12.5 Å². The molecule has 0 fully saturated rings. The van der Waals surface area contributed by atoms with Crippen LogP contribution >= 0.6 is 11.8 Å². The maximum Gasteiger partial charge on any atom is 0.272 e. The number of thioether (sulfide) groups is 1. The molecule has 0 aliphatic heterocycles. The number of hydrazine groups is 1. The van der Waals surface area contributed by atoms with E-state index in [1.807, 2.05) is 13.8 Å². The number of amides is 1. The first-order chi connectivity index (χ1) is 13.1. The molecule has 27 heavy (non-hydrogen) atoms. The number of rotatable bonds is 7. The number of ether oxygens (including phenoxy) is 1. The number of pyridine rings is 1. The van der Waals surface area contributed by atoms with E-state index in [1.165, 1.54) is 25.1 Å². The van der Waals surface area contributed by atoms with Gasteiger partial charge in [0.05, 0.1) is 18.4 Å². The van der Waals surface area contributed by atoms with Crippen molar-refractivity contribution in [2.45, 2.75) is 24.6 Å². The summed E-state index contributed by atoms with van der Waals surface area (Å²) >= 11 is 1.44. The van der Waals surface area contributed by atoms with Crippen molar-refractivity contribution in [3.63, 3.8) is 0 Å². The topological polar surface area (TPSA) is 115 Å². The van der Waals surface area contributed by atoms with Crippen LogP contribution in [0, 0.1) is 13.8 Å². The summed E-state index contributed by atoms with van der Waals surface area (Å²) in [6.45, 7) is 3.75. The van der Waals surface area contributed by atoms with Crippen LogP contribution in [0.2, 0.25) is 0 Å². The van der Waals surface area contributed by atoms with E-state index in [0.29, 0.717) is 22.2 Å². The van der Waals surface area contributed by atoms with E-state index in [-0.39, 0.29) is 11.9 Å². The number of hydrogen-bond donors (Lipinski definition) is 2. The normalized spacial score (nSPS) is 10.5. The molecule has 3 aromatic heterocycles. The van der Waals surface area contributed by atoms with Gasteiger partial charge in [-0.2, -0.15) is 4.98 Å². The first kappa shape index (κ1) is 18.6. The molecule has 0 radical (unpaired) electrons. The molecular formula is C17H18N6O3S. The second kappa shape index (κ2) is 8.49. The van der Waals surface area contributed by atoms with Crippen LogP contribution in [-0.4, -0.2) is 33.1 Å². The van der Waals surface area contributed by atoms with Gasteiger partial charge in [-0.25, -0.2) is 9.97 Å². The van der Waals surface area contributed by atoms with Crippen LogP contribution in [0.25, 0.3) is 0 Å². The highest BCUT2D eigenvalue weighted by Gasteiger charge is 2.15. The van der Waals surface area contributed by atoms with Gasteiger partial charge in [0.2, 0.25) is 11.8 Å². The lowest BCUT2D eigenvalue weighted by molar-refractivity contribution is 0.0958. The molecule has 2 N–H and O–H groups in total. The van der Waals surface area contributed by atoms with E-state index in [1.54, 1.807) is 24.4 Å². The second-order valence-electron chi connectivity index (χ2n) is 5.45. The summed E-state index contributed by atoms with van der Waals surface area (Å²) in [5.74, 6) is 1.62. The van der Waals surface area contributed by atoms with E-state index in [2.05, 4.69) is 31.0 Å². The average molecular weight is 386 g/mol. The SMILES string of the molecule is COc1ccnc(NNC(=O)c2cccnc2SCc2c(C)noc2C)n1. The van der Waals surface area contributed by atoms with Crippen LogP contribution < -0.4 is 15.6 Å². The highest BCUT2D eigenvalue weighted by molar-refractivity contribution is 7.98. The molecule has 0 aromatic carbocycles. The lowest BCUT2D eigenvalue weighted by Crippen LogP contribution is -2.30. The molecule has 0 saturated carbocycles. The van der Waals surface area contributed by atoms with Gasteiger partial charge in [0.15, 0.2) is 0 Å². The van der Waals surface area contributed by atoms with Crippen molar-refractivity contribution in [1.29, 1.82) is 0 Å². The molecule has 3 aromatic rings. The van der Waals surface area contributed by atoms with Gasteiger partial charge in [0.25, 0.3) is 5.91 Å². The molecule has 0 unspecified atom stereocenters. The summed E-state index contributed by atoms with van der Waals surface area (Å²) in [6.07, 6.45) is 3.17. The van der Waals surface area contributed by atoms with E-state index in [4.69, 9.17) is 9.26 Å². The first-order valence-electron chi connectivity index (χ1n) is 8.01. The summed E-state index contributed by atoms with van der Waals surface area (Å²) in [6, 6.07) is 5.01. The third-order valence-corrected chi connectivity index (χ3v) is 4.71. The minimum absolute atomic E-state index is 0.219. The molecule has 1 amide bonds. The van der Waals surface area contributed by atoms with Gasteiger partial charge >= 0.3 is 0 Å². The lowest BCUT2D eigenvalue weighted by Gasteiger charge is -2.10. The molecule has 0 aliphatic carbocycles. The summed E-state index contributed by atoms with van der Waals surface area (Å²) in [4.78, 5) is 24.9. The molecule has 0 saturated heterocycles. The minimum Gasteiger partial charge on any atom is -0.481 e. The van der Waals surface area contributed by atoms with Crippen LogP contribution in [0.1, 0.15) is 27.4 Å². The molecule has 140 valence electrons. The Morgan fingerprint density at radius 3 is 2.85 bits per heavy atom. The van der Waals surface area contributed by atoms with Gasteiger partial charge in [-0.3, -0.25) is 15.6 Å². The Morgan fingerprint density at radius 1 is 1.26 bits per heavy atom. The van der Waals surface area contributed by atoms with Gasteiger partial charge in [-0.05, 0) is 26.0 Å². The average Bonchev–Trinajstić information content (AvgIpc) is 3.02. The number of nitrogens with one attached hydrogen (secondary N) is 2. The predicted octanol–water partition coefficient (Wildman–Crippen LogP) is 2.53. The highest BCUT2D eigenvalue weighted by atomic mass is 32.2. The number of methoxy groups -OCH3 is 1. The standard InChI is InChI=1S/C17H18N6O3S/c1-10-13(11(2)26-23-10)9-27-16-12(5-4-7-18-16)15(24)21-22-17-19-8-6-14(20-17)25-3/h4-8H,9H2,1-3H3,(H,21,24)(H,19,20,22). The van der Waals surface area contributed by atoms with Crippen molar-refractivity contribution in [1.82, 2.24) is 25.5 Å². The van der Waals surface area contributed by atoms with Crippen LogP contribution in [0.5, 0.6) is 5.88 Å². The van der Waals surface area contributed by atoms with E-state index in [0.717, 1.165) is 17.0 Å². The molecular weight excluding hydrogens is 368 g/mol. The van der Waals surface area contributed by atoms with Crippen molar-refractivity contribution in [3.05, 3.63) is 53.2 Å². The Balaban J connectivity index is 1.68. The minimum atomic E-state index is -0.351. The number of hydrogen-bond acceptors (Lipinski definition) is 9. The maximum atomic E-state index is 12.5. The largest absolute Gasteiger partial charge is 0.481 e. The Morgan fingerprint density at radius 2 is 2.11 bits per heavy atom. The quantitative estimate of drug-likeness (QED) is 0.467. The van der Waals surface area contributed by atoms with Crippen LogP contribution in [0.4, 0.5) is 5.95 Å². The number of aromatic nitrogens is 4. The highest BCUT2D eigenvalue weighted by Crippen LogP contribution is 2.27. The second-order valence-corrected chi connectivity index (χ2v) is 6.41. The molecule has 9 nitrogen and oxygen atoms in total. The van der Waals surface area contributed by atoms with Crippen molar-refractivity contribution in [2.24, 2.45) is 0 Å². The zero-order valence-electron chi connectivity index (χ0n) is 15.0. The van der Waals surface area contributed by atoms with Gasteiger partial charge in [-0.1, -0.05) is 5.16 Å². The van der Waals surface area contributed by atoms with Crippen molar-refractivity contribution >= 4 is 23.6 Å². The Kier molecular flexibility index (Phi) is 5.87. The van der Waals surface area contributed by atoms with Gasteiger partial charge in [0, 0.05) is 29.8 Å². The monoisotopic (exact) mass is 386 g/mol. The predicted molar refractivity (Wildman–Crippen MR) is 99.4 cm³/mol. The van der Waals surface area contributed by atoms with Crippen LogP contribution in [0.3, 0.4) is 0 Å². The first-order valence-corrected chi connectivity index (χ1v) is 9.00. The van der Waals surface area contributed by atoms with Crippen molar-refractivity contribution < 1.29 is 14.1 Å². The molecule has 0 atom stereocenters. The fourth-order valence-corrected chi connectivity index (χ4v) is 3.37. The third kappa shape index (κ3) is 4.53. The van der Waals surface area contributed by atoms with Crippen LogP contribution in [0.15, 0.2) is 40.1 Å². The summed E-state index contributed by atoms with van der Waals surface area (Å²) in [5.41, 5.74) is 7.51. The summed E-state index contributed by atoms with van der Waals surface area (Å²) in [7, 11) is 1.50. The number of anilines is 1. The molecule has 3 heterocycles. The smallest absolute Gasteiger partial charge is 0.272 e. The third-order valence-electron chi connectivity index (χ3n) is 3.68. The maximum absolute atomic E-state index is 12.5. The zero-order chi connectivity index (χ0) is 19.2. The molecule has 10 heteroatoms. The van der Waals surface area contributed by atoms with Gasteiger partial charge in [-0.15, -0.1) is 11.8 Å². The number of aryl methyl sites for hydroxylation is 2. The van der Waals surface area contributed by atoms with Crippen LogP contribution in [-0.2, 0) is 5.75 Å². The van der Waals surface area contributed by atoms with Gasteiger partial charge in [0.1, 0.15) is 10.8 Å². The number of carbonyl (C=O) groups excluding carboxylic acids is 1. The fourth-order valence-electron chi connectivity index (χ4n) is 2.22. The molecule has 3 rings (SSSR count). The zero-order valence-corrected chi connectivity index (χ0v) is 15.8. The van der Waals surface area contributed by atoms with Gasteiger partial charge < -0.3 is 9.26 Å². The summed E-state index contributed by atoms with van der Waals surface area (Å²) in [5, 5.41) is 4.54. The molecule has 0 spiro atoms. The van der Waals surface area contributed by atoms with Crippen molar-refractivity contribution in [3.8, 4) is 5.88 Å². The summed E-state index contributed by atoms with van der Waals surface area (Å²) < 4.78 is 10.2. The van der Waals surface area contributed by atoms with E-state index >= 15 is 0 Å². The molecule has 0 bridgehead atoms.